The largest absolute Gasteiger partial charge is 3.00 e. The van der Waals surface area contributed by atoms with Crippen LogP contribution in [0.15, 0.2) is 155 Å². The molecule has 2 N–H and O–H groups in total. The maximum absolute atomic E-state index is 4.85. The van der Waals surface area contributed by atoms with Crippen molar-refractivity contribution in [2.45, 2.75) is 79.0 Å². The number of nitrogens with two attached hydrogens (primary N) is 1. The summed E-state index contributed by atoms with van der Waals surface area (Å²) in [7, 11) is 0. The van der Waals surface area contributed by atoms with Crippen LogP contribution in [-0.4, -0.2) is 6.15 Å². The Labute approximate surface area is 371 Å². The molecular weight excluding hydrogens is 801 g/mol. The zero-order chi connectivity index (χ0) is 38.7. The Balaban J connectivity index is 0.000000421. The zero-order valence-electron chi connectivity index (χ0n) is 34.5. The van der Waals surface area contributed by atoms with Gasteiger partial charge < -0.3 is 31.4 Å². The smallest absolute Gasteiger partial charge is 0.781 e. The van der Waals surface area contributed by atoms with Crippen molar-refractivity contribution in [2.24, 2.45) is 0 Å². The van der Waals surface area contributed by atoms with Crippen LogP contribution in [0.2, 0.25) is 0 Å². The fourth-order valence-electron chi connectivity index (χ4n) is 7.38. The molecule has 1 nitrogen and oxygen atoms in total. The Morgan fingerprint density at radius 1 is 0.339 bits per heavy atom. The maximum atomic E-state index is 4.85. The first kappa shape index (κ1) is 50.3. The molecule has 0 amide bonds. The molecule has 56 heavy (non-hydrogen) atoms. The Bertz CT molecular complexity index is 1790. The van der Waals surface area contributed by atoms with Crippen LogP contribution >= 0.6 is 0 Å². The van der Waals surface area contributed by atoms with Crippen molar-refractivity contribution >= 4 is 53.3 Å². The van der Waals surface area contributed by atoms with Crippen LogP contribution in [0, 0.1) is 69.2 Å². The van der Waals surface area contributed by atoms with E-state index in [2.05, 4.69) is 191 Å². The molecule has 0 aliphatic rings. The van der Waals surface area contributed by atoms with Crippen LogP contribution in [0.3, 0.4) is 0 Å². The van der Waals surface area contributed by atoms with E-state index < -0.39 is 6.15 Å². The van der Waals surface area contributed by atoms with E-state index in [9.17, 15) is 0 Å². The molecule has 0 spiro atoms. The third-order valence-electron chi connectivity index (χ3n) is 11.7. The molecule has 0 atom stereocenters. The summed E-state index contributed by atoms with van der Waals surface area (Å²) in [6, 6.07) is 51.0. The molecule has 292 valence electrons. The normalized spacial score (nSPS) is 10.0. The summed E-state index contributed by atoms with van der Waals surface area (Å²) in [6.07, 6.45) is -1.22. The molecule has 0 bridgehead atoms. The molecule has 2 radical (unpaired) electrons. The first-order valence-electron chi connectivity index (χ1n) is 18.5. The fourth-order valence-corrected chi connectivity index (χ4v) is 7.68. The van der Waals surface area contributed by atoms with E-state index in [4.69, 9.17) is 25.3 Å². The molecule has 7 aromatic carbocycles. The van der Waals surface area contributed by atoms with Crippen LogP contribution in [0.5, 0.6) is 0 Å². The average molecular weight is 858 g/mol. The van der Waals surface area contributed by atoms with E-state index >= 15 is 0 Å². The van der Waals surface area contributed by atoms with Crippen LogP contribution in [0.25, 0.3) is 6.15 Å². The summed E-state index contributed by atoms with van der Waals surface area (Å²) in [5, 5.41) is 0. The predicted molar refractivity (Wildman–Crippen MR) is 244 cm³/mol. The van der Waals surface area contributed by atoms with Gasteiger partial charge in [0.1, 0.15) is 6.15 Å². The number of rotatable bonds is 4. The minimum Gasteiger partial charge on any atom is -0.781 e. The van der Waals surface area contributed by atoms with Crippen molar-refractivity contribution in [3.63, 3.8) is 0 Å². The molecule has 0 saturated carbocycles. The van der Waals surface area contributed by atoms with Gasteiger partial charge in [-0.05, 0) is 0 Å². The average Bonchev–Trinajstić information content (AvgIpc) is 3.47. The second kappa shape index (κ2) is 23.5. The predicted octanol–water partition coefficient (Wildman–Crippen LogP) is 11.2. The number of benzene rings is 5. The monoisotopic (exact) mass is 857 g/mol. The third kappa shape index (κ3) is 11.5. The van der Waals surface area contributed by atoms with Gasteiger partial charge in [0, 0.05) is 0 Å². The summed E-state index contributed by atoms with van der Waals surface area (Å²) in [6.45, 7) is 22.0. The molecule has 7 rings (SSSR count). The van der Waals surface area contributed by atoms with Crippen LogP contribution < -0.4 is 21.9 Å². The van der Waals surface area contributed by atoms with Crippen LogP contribution in [-0.2, 0) is 59.4 Å². The van der Waals surface area contributed by atoms with Crippen molar-refractivity contribution < 1.29 is 34.1 Å². The zero-order valence-corrected chi connectivity index (χ0v) is 38.4. The Hall–Kier alpha value is -3.70. The van der Waals surface area contributed by atoms with E-state index in [0.717, 1.165) is 9.79 Å². The molecule has 0 heterocycles. The Kier molecular flexibility index (Phi) is 21.1. The second-order valence-electron chi connectivity index (χ2n) is 14.2. The maximum Gasteiger partial charge on any atom is 3.00 e. The summed E-state index contributed by atoms with van der Waals surface area (Å²) in [5.74, 6) is 0. The van der Waals surface area contributed by atoms with E-state index in [1.165, 1.54) is 77.5 Å². The van der Waals surface area contributed by atoms with Crippen molar-refractivity contribution in [3.05, 3.63) is 207 Å². The second-order valence-corrected chi connectivity index (χ2v) is 15.1. The van der Waals surface area contributed by atoms with Crippen LogP contribution in [0.4, 0.5) is 0 Å². The molecule has 0 unspecified atom stereocenters. The van der Waals surface area contributed by atoms with Crippen LogP contribution in [0.1, 0.15) is 55.6 Å². The van der Waals surface area contributed by atoms with Gasteiger partial charge in [0.15, 0.2) is 0 Å². The quantitative estimate of drug-likeness (QED) is 0.100. The Morgan fingerprint density at radius 3 is 0.661 bits per heavy atom. The number of hydrogen-bond acceptors (Lipinski definition) is 2. The van der Waals surface area contributed by atoms with Gasteiger partial charge >= 0.3 is 34.1 Å². The first-order valence-corrected chi connectivity index (χ1v) is 19.3. The molecule has 7 aromatic rings. The van der Waals surface area contributed by atoms with E-state index in [-0.39, 0.29) is 40.3 Å². The molecule has 6 heteroatoms. The fraction of sp³-hybridized carbons (Fsp3) is 0.200. The molecule has 0 aromatic heterocycles. The molecular formula is C50H56BFe2NS2. The topological polar surface area (TPSA) is 33.5 Å². The first-order chi connectivity index (χ1) is 25.3. The standard InChI is InChI=1S/C24H20B.2C10H15.C6H6S2.2Fe.H2N/c1-5-13-21(14-6-1)25(22-15-7-2-8-16-22,23-17-9-3-10-18-23)24-19-11-4-12-20-24;2*1-6-7(2)9(4)10(5)8(6)3;7-5-3-1-2-4-6(5)8;;;/h1-20H;2*1-5H3;1-4,7-8H;;;1H2/q3*-1;;2*+3;-1/p-2. The van der Waals surface area contributed by atoms with Gasteiger partial charge in [0.2, 0.25) is 0 Å². The van der Waals surface area contributed by atoms with Gasteiger partial charge in [-0.25, -0.2) is 0 Å². The summed E-state index contributed by atoms with van der Waals surface area (Å²) in [5.41, 5.74) is 20.0. The van der Waals surface area contributed by atoms with Gasteiger partial charge in [-0.1, -0.05) is 215 Å². The third-order valence-corrected chi connectivity index (χ3v) is 12.5. The minimum atomic E-state index is -1.22. The van der Waals surface area contributed by atoms with Crippen molar-refractivity contribution in [3.8, 4) is 0 Å². The van der Waals surface area contributed by atoms with Gasteiger partial charge in [-0.3, -0.25) is 0 Å². The van der Waals surface area contributed by atoms with E-state index in [0.29, 0.717) is 0 Å². The van der Waals surface area contributed by atoms with Gasteiger partial charge in [0.25, 0.3) is 0 Å². The molecule has 0 aliphatic heterocycles. The van der Waals surface area contributed by atoms with Gasteiger partial charge in [-0.2, -0.15) is 87.3 Å². The van der Waals surface area contributed by atoms with E-state index in [1.54, 1.807) is 0 Å². The summed E-state index contributed by atoms with van der Waals surface area (Å²) < 4.78 is 0. The van der Waals surface area contributed by atoms with Crippen molar-refractivity contribution in [1.82, 2.24) is 0 Å². The molecule has 0 fully saturated rings. The van der Waals surface area contributed by atoms with Gasteiger partial charge in [0.05, 0.1) is 0 Å². The SMILES string of the molecule is Cc1c(C)c(C)[c-](C)c1C.Cc1c(C)c(C)[c-](C)c1C.[Fe+3].[Fe+3].[NH2-].[S-]c1ccccc1[S-].c1ccc([B-](c2ccccc2)(c2ccccc2)c2ccccc2)cc1. The number of hydrogen-bond donors (Lipinski definition) is 0. The van der Waals surface area contributed by atoms with Gasteiger partial charge in [-0.15, -0.1) is 0 Å². The van der Waals surface area contributed by atoms with E-state index in [1.807, 2.05) is 24.3 Å². The molecule has 0 saturated heterocycles. The Morgan fingerprint density at radius 2 is 0.518 bits per heavy atom. The van der Waals surface area contributed by atoms with Crippen molar-refractivity contribution in [2.75, 3.05) is 0 Å². The summed E-state index contributed by atoms with van der Waals surface area (Å²) >= 11 is 9.70. The summed E-state index contributed by atoms with van der Waals surface area (Å²) in [4.78, 5) is 1.53. The minimum absolute atomic E-state index is 0. The van der Waals surface area contributed by atoms with Crippen molar-refractivity contribution in [1.29, 1.82) is 0 Å². The molecule has 0 aliphatic carbocycles.